The standard InChI is InChI=1S/C20H19BrFNO4/c1-12-17(22)20(12,13-6-5-7-14(21)10-13)11-23-19(25)27-16-9-4-3-8-15(16)18(24)26-2/h3-10,12,17H,11H2,1-2H3,(H,23,25)/t12-,17+,20-/m1/s1. The Kier molecular flexibility index (Phi) is 5.51. The van der Waals surface area contributed by atoms with E-state index in [0.29, 0.717) is 0 Å². The number of methoxy groups -OCH3 is 1. The third-order valence-electron chi connectivity index (χ3n) is 5.02. The molecule has 1 aliphatic carbocycles. The molecule has 7 heteroatoms. The molecule has 3 atom stereocenters. The summed E-state index contributed by atoms with van der Waals surface area (Å²) in [6, 6.07) is 13.7. The molecule has 0 spiro atoms. The van der Waals surface area contributed by atoms with Crippen LogP contribution in [0.5, 0.6) is 5.75 Å². The first-order valence-electron chi connectivity index (χ1n) is 8.43. The monoisotopic (exact) mass is 435 g/mol. The van der Waals surface area contributed by atoms with Crippen molar-refractivity contribution in [2.45, 2.75) is 18.5 Å². The molecular weight excluding hydrogens is 417 g/mol. The van der Waals surface area contributed by atoms with Gasteiger partial charge >= 0.3 is 12.1 Å². The third-order valence-corrected chi connectivity index (χ3v) is 5.51. The normalized spacial score (nSPS) is 23.4. The molecule has 0 heterocycles. The van der Waals surface area contributed by atoms with Crippen LogP contribution in [0, 0.1) is 5.92 Å². The molecule has 2 aromatic carbocycles. The van der Waals surface area contributed by atoms with Crippen LogP contribution in [0.3, 0.4) is 0 Å². The van der Waals surface area contributed by atoms with E-state index in [0.717, 1.165) is 10.0 Å². The number of para-hydroxylation sites is 1. The molecule has 0 unspecified atom stereocenters. The number of halogens is 2. The van der Waals surface area contributed by atoms with Crippen molar-refractivity contribution in [3.8, 4) is 5.75 Å². The van der Waals surface area contributed by atoms with E-state index < -0.39 is 23.6 Å². The van der Waals surface area contributed by atoms with Crippen molar-refractivity contribution in [3.63, 3.8) is 0 Å². The van der Waals surface area contributed by atoms with Crippen LogP contribution in [0.1, 0.15) is 22.8 Å². The summed E-state index contributed by atoms with van der Waals surface area (Å²) in [5.74, 6) is -0.753. The summed E-state index contributed by atoms with van der Waals surface area (Å²) in [4.78, 5) is 24.0. The molecule has 0 bridgehead atoms. The molecule has 1 aliphatic rings. The number of ether oxygens (including phenoxy) is 2. The number of carbonyl (C=O) groups excluding carboxylic acids is 2. The number of nitrogens with one attached hydrogen (secondary N) is 1. The number of benzene rings is 2. The molecule has 2 aromatic rings. The first-order valence-corrected chi connectivity index (χ1v) is 9.22. The van der Waals surface area contributed by atoms with E-state index in [4.69, 9.17) is 4.74 Å². The number of amides is 1. The van der Waals surface area contributed by atoms with Crippen molar-refractivity contribution in [1.29, 1.82) is 0 Å². The SMILES string of the molecule is COC(=O)c1ccccc1OC(=O)NC[C@]1(c2cccc(Br)c2)[C@H](C)[C@@H]1F. The second kappa shape index (κ2) is 7.68. The van der Waals surface area contributed by atoms with E-state index in [1.807, 2.05) is 31.2 Å². The molecule has 0 aromatic heterocycles. The highest BCUT2D eigenvalue weighted by molar-refractivity contribution is 9.10. The van der Waals surface area contributed by atoms with Gasteiger partial charge in [0.05, 0.1) is 7.11 Å². The Morgan fingerprint density at radius 3 is 2.56 bits per heavy atom. The van der Waals surface area contributed by atoms with Crippen LogP contribution in [-0.2, 0) is 10.2 Å². The zero-order valence-electron chi connectivity index (χ0n) is 14.9. The van der Waals surface area contributed by atoms with E-state index in [2.05, 4.69) is 26.0 Å². The average Bonchev–Trinajstić information content (AvgIpc) is 3.20. The lowest BCUT2D eigenvalue weighted by molar-refractivity contribution is 0.0598. The summed E-state index contributed by atoms with van der Waals surface area (Å²) in [5.41, 5.74) is 0.164. The lowest BCUT2D eigenvalue weighted by Gasteiger charge is -2.18. The van der Waals surface area contributed by atoms with Crippen molar-refractivity contribution in [1.82, 2.24) is 5.32 Å². The minimum Gasteiger partial charge on any atom is -0.465 e. The summed E-state index contributed by atoms with van der Waals surface area (Å²) < 4.78 is 25.2. The summed E-state index contributed by atoms with van der Waals surface area (Å²) >= 11 is 3.40. The quantitative estimate of drug-likeness (QED) is 0.712. The van der Waals surface area contributed by atoms with Gasteiger partial charge in [-0.15, -0.1) is 0 Å². The van der Waals surface area contributed by atoms with Gasteiger partial charge in [0.2, 0.25) is 0 Å². The molecule has 1 saturated carbocycles. The molecule has 3 rings (SSSR count). The minimum atomic E-state index is -1.06. The van der Waals surface area contributed by atoms with E-state index in [-0.39, 0.29) is 23.8 Å². The Morgan fingerprint density at radius 2 is 1.93 bits per heavy atom. The topological polar surface area (TPSA) is 64.6 Å². The van der Waals surface area contributed by atoms with E-state index in [1.165, 1.54) is 19.2 Å². The average molecular weight is 436 g/mol. The van der Waals surface area contributed by atoms with Crippen molar-refractivity contribution in [2.24, 2.45) is 5.92 Å². The van der Waals surface area contributed by atoms with E-state index >= 15 is 0 Å². The van der Waals surface area contributed by atoms with Gasteiger partial charge in [0, 0.05) is 22.4 Å². The lowest BCUT2D eigenvalue weighted by Crippen LogP contribution is -2.36. The van der Waals surface area contributed by atoms with Crippen LogP contribution in [0.4, 0.5) is 9.18 Å². The van der Waals surface area contributed by atoms with Crippen LogP contribution in [-0.4, -0.2) is 31.9 Å². The van der Waals surface area contributed by atoms with Crippen LogP contribution in [0.25, 0.3) is 0 Å². The van der Waals surface area contributed by atoms with Crippen LogP contribution in [0.2, 0.25) is 0 Å². The fourth-order valence-corrected chi connectivity index (χ4v) is 3.72. The van der Waals surface area contributed by atoms with Gasteiger partial charge in [0.1, 0.15) is 17.5 Å². The van der Waals surface area contributed by atoms with Gasteiger partial charge in [-0.25, -0.2) is 14.0 Å². The Bertz CT molecular complexity index is 865. The molecule has 0 radical (unpaired) electrons. The predicted molar refractivity (Wildman–Crippen MR) is 102 cm³/mol. The smallest absolute Gasteiger partial charge is 0.412 e. The Balaban J connectivity index is 1.71. The van der Waals surface area contributed by atoms with Crippen molar-refractivity contribution >= 4 is 28.0 Å². The molecule has 142 valence electrons. The molecule has 1 amide bonds. The fourth-order valence-electron chi connectivity index (χ4n) is 3.32. The van der Waals surface area contributed by atoms with Gasteiger partial charge in [-0.3, -0.25) is 0 Å². The van der Waals surface area contributed by atoms with Crippen LogP contribution in [0.15, 0.2) is 53.0 Å². The summed E-state index contributed by atoms with van der Waals surface area (Å²) in [7, 11) is 1.25. The lowest BCUT2D eigenvalue weighted by atomic mass is 9.93. The Hall–Kier alpha value is -2.41. The van der Waals surface area contributed by atoms with Gasteiger partial charge in [-0.2, -0.15) is 0 Å². The number of carbonyl (C=O) groups is 2. The second-order valence-corrected chi connectivity index (χ2v) is 7.39. The van der Waals surface area contributed by atoms with Gasteiger partial charge < -0.3 is 14.8 Å². The number of hydrogen-bond donors (Lipinski definition) is 1. The fraction of sp³-hybridized carbons (Fsp3) is 0.300. The molecule has 0 aliphatic heterocycles. The maximum absolute atomic E-state index is 14.5. The molecule has 27 heavy (non-hydrogen) atoms. The summed E-state index contributed by atoms with van der Waals surface area (Å²) in [6.07, 6.45) is -1.82. The van der Waals surface area contributed by atoms with Gasteiger partial charge in [0.25, 0.3) is 0 Å². The molecule has 5 nitrogen and oxygen atoms in total. The van der Waals surface area contributed by atoms with Gasteiger partial charge in [-0.05, 0) is 29.8 Å². The van der Waals surface area contributed by atoms with E-state index in [1.54, 1.807) is 12.1 Å². The minimum absolute atomic E-state index is 0.0824. The summed E-state index contributed by atoms with van der Waals surface area (Å²) in [5, 5.41) is 2.63. The van der Waals surface area contributed by atoms with Crippen LogP contribution >= 0.6 is 15.9 Å². The number of hydrogen-bond acceptors (Lipinski definition) is 4. The number of rotatable bonds is 5. The van der Waals surface area contributed by atoms with Gasteiger partial charge in [-0.1, -0.05) is 47.1 Å². The highest BCUT2D eigenvalue weighted by atomic mass is 79.9. The number of esters is 1. The highest BCUT2D eigenvalue weighted by Crippen LogP contribution is 2.56. The third kappa shape index (κ3) is 3.69. The van der Waals surface area contributed by atoms with Crippen molar-refractivity contribution in [2.75, 3.05) is 13.7 Å². The Labute approximate surface area is 165 Å². The highest BCUT2D eigenvalue weighted by Gasteiger charge is 2.64. The van der Waals surface area contributed by atoms with Crippen molar-refractivity contribution < 1.29 is 23.5 Å². The summed E-state index contributed by atoms with van der Waals surface area (Å²) in [6.45, 7) is 1.90. The largest absolute Gasteiger partial charge is 0.465 e. The zero-order chi connectivity index (χ0) is 19.6. The molecule has 0 saturated heterocycles. The second-order valence-electron chi connectivity index (χ2n) is 6.47. The van der Waals surface area contributed by atoms with Crippen molar-refractivity contribution in [3.05, 3.63) is 64.1 Å². The first-order chi connectivity index (χ1) is 12.9. The van der Waals surface area contributed by atoms with Crippen LogP contribution < -0.4 is 10.1 Å². The maximum Gasteiger partial charge on any atom is 0.412 e. The Morgan fingerprint density at radius 1 is 1.22 bits per heavy atom. The first kappa shape index (κ1) is 19.4. The molecule has 1 fully saturated rings. The van der Waals surface area contributed by atoms with E-state index in [9.17, 15) is 14.0 Å². The maximum atomic E-state index is 14.5. The zero-order valence-corrected chi connectivity index (χ0v) is 16.5. The molecular formula is C20H19BrFNO4. The predicted octanol–water partition coefficient (Wildman–Crippen LogP) is 4.25. The number of alkyl halides is 1. The van der Waals surface area contributed by atoms with Gasteiger partial charge in [0.15, 0.2) is 0 Å². The molecule has 1 N–H and O–H groups in total.